The minimum atomic E-state index is 0.0799. The summed E-state index contributed by atoms with van der Waals surface area (Å²) in [6.07, 6.45) is 5.50. The Kier molecular flexibility index (Phi) is 1.59. The van der Waals surface area contributed by atoms with Crippen LogP contribution < -0.4 is 5.73 Å². The Morgan fingerprint density at radius 2 is 2.00 bits per heavy atom. The molecular weight excluding hydrogens is 178 g/mol. The van der Waals surface area contributed by atoms with E-state index in [0.29, 0.717) is 0 Å². The van der Waals surface area contributed by atoms with Gasteiger partial charge in [-0.05, 0) is 47.1 Å². The van der Waals surface area contributed by atoms with Crippen LogP contribution in [-0.4, -0.2) is 0 Å². The van der Waals surface area contributed by atoms with Crippen molar-refractivity contribution in [1.29, 1.82) is 0 Å². The second-order valence-corrected chi connectivity index (χ2v) is 5.22. The van der Waals surface area contributed by atoms with E-state index in [0.717, 1.165) is 11.8 Å². The van der Waals surface area contributed by atoms with Crippen molar-refractivity contribution in [2.75, 3.05) is 0 Å². The van der Waals surface area contributed by atoms with E-state index in [1.165, 1.54) is 31.2 Å². The summed E-state index contributed by atoms with van der Waals surface area (Å²) in [6.45, 7) is 0. The Bertz CT molecular complexity index is 292. The van der Waals surface area contributed by atoms with Crippen molar-refractivity contribution >= 4 is 11.3 Å². The lowest BCUT2D eigenvalue weighted by molar-refractivity contribution is 0.480. The third-order valence-electron chi connectivity index (χ3n) is 3.91. The van der Waals surface area contributed by atoms with Gasteiger partial charge < -0.3 is 5.73 Å². The van der Waals surface area contributed by atoms with E-state index in [2.05, 4.69) is 16.8 Å². The number of nitrogens with two attached hydrogens (primary N) is 1. The molecule has 2 saturated carbocycles. The van der Waals surface area contributed by atoms with E-state index in [1.807, 2.05) is 0 Å². The van der Waals surface area contributed by atoms with Crippen LogP contribution >= 0.6 is 11.3 Å². The van der Waals surface area contributed by atoms with Gasteiger partial charge in [0, 0.05) is 5.54 Å². The van der Waals surface area contributed by atoms with Gasteiger partial charge in [-0.1, -0.05) is 12.8 Å². The lowest BCUT2D eigenvalue weighted by Gasteiger charge is -2.08. The molecule has 0 radical (unpaired) electrons. The highest BCUT2D eigenvalue weighted by Crippen LogP contribution is 2.62. The molecule has 2 aliphatic rings. The Morgan fingerprint density at radius 1 is 1.31 bits per heavy atom. The Balaban J connectivity index is 1.92. The van der Waals surface area contributed by atoms with Crippen molar-refractivity contribution in [3.63, 3.8) is 0 Å². The molecule has 2 aliphatic carbocycles. The smallest absolute Gasteiger partial charge is 0.0481 e. The van der Waals surface area contributed by atoms with Crippen molar-refractivity contribution in [3.8, 4) is 0 Å². The van der Waals surface area contributed by atoms with Crippen molar-refractivity contribution in [2.24, 2.45) is 17.6 Å². The van der Waals surface area contributed by atoms with E-state index < -0.39 is 0 Å². The Labute approximate surface area is 83.0 Å². The number of thiophene rings is 1. The fraction of sp³-hybridized carbons (Fsp3) is 0.636. The highest BCUT2D eigenvalue weighted by molar-refractivity contribution is 7.08. The fourth-order valence-corrected chi connectivity index (χ4v) is 3.84. The summed E-state index contributed by atoms with van der Waals surface area (Å²) in [5.74, 6) is 1.60. The Morgan fingerprint density at radius 3 is 2.54 bits per heavy atom. The molecule has 0 saturated heterocycles. The second-order valence-electron chi connectivity index (χ2n) is 4.44. The SMILES string of the molecule is NC1(c2ccsc2)C2CCCCC21. The highest BCUT2D eigenvalue weighted by Gasteiger charge is 2.62. The van der Waals surface area contributed by atoms with Crippen molar-refractivity contribution in [3.05, 3.63) is 22.4 Å². The zero-order chi connectivity index (χ0) is 8.89. The maximum absolute atomic E-state index is 6.47. The minimum Gasteiger partial charge on any atom is -0.321 e. The number of hydrogen-bond donors (Lipinski definition) is 1. The molecule has 0 amide bonds. The molecule has 0 bridgehead atoms. The van der Waals surface area contributed by atoms with Gasteiger partial charge in [-0.3, -0.25) is 0 Å². The summed E-state index contributed by atoms with van der Waals surface area (Å²) in [5.41, 5.74) is 7.95. The van der Waals surface area contributed by atoms with Crippen LogP contribution in [0.25, 0.3) is 0 Å². The zero-order valence-electron chi connectivity index (χ0n) is 7.70. The lowest BCUT2D eigenvalue weighted by Crippen LogP contribution is -2.22. The molecule has 2 N–H and O–H groups in total. The predicted molar refractivity (Wildman–Crippen MR) is 55.6 cm³/mol. The normalized spacial score (nSPS) is 42.8. The first-order valence-corrected chi connectivity index (χ1v) is 6.09. The molecule has 3 rings (SSSR count). The highest BCUT2D eigenvalue weighted by atomic mass is 32.1. The third-order valence-corrected chi connectivity index (χ3v) is 4.59. The van der Waals surface area contributed by atoms with E-state index in [4.69, 9.17) is 5.73 Å². The van der Waals surface area contributed by atoms with Crippen LogP contribution in [0.15, 0.2) is 16.8 Å². The van der Waals surface area contributed by atoms with Gasteiger partial charge in [-0.25, -0.2) is 0 Å². The maximum Gasteiger partial charge on any atom is 0.0481 e. The number of hydrogen-bond acceptors (Lipinski definition) is 2. The molecule has 1 aromatic heterocycles. The molecular formula is C11H15NS. The summed E-state index contributed by atoms with van der Waals surface area (Å²) >= 11 is 1.77. The van der Waals surface area contributed by atoms with Crippen LogP contribution in [-0.2, 0) is 5.54 Å². The van der Waals surface area contributed by atoms with E-state index in [-0.39, 0.29) is 5.54 Å². The first-order chi connectivity index (χ1) is 6.33. The molecule has 0 aliphatic heterocycles. The van der Waals surface area contributed by atoms with Gasteiger partial charge in [-0.2, -0.15) is 11.3 Å². The molecule has 2 atom stereocenters. The molecule has 2 unspecified atom stereocenters. The molecule has 70 valence electrons. The number of fused-ring (bicyclic) bond motifs is 1. The van der Waals surface area contributed by atoms with Crippen molar-refractivity contribution < 1.29 is 0 Å². The van der Waals surface area contributed by atoms with Crippen molar-refractivity contribution in [2.45, 2.75) is 31.2 Å². The minimum absolute atomic E-state index is 0.0799. The largest absolute Gasteiger partial charge is 0.321 e. The fourth-order valence-electron chi connectivity index (χ4n) is 3.11. The summed E-state index contributed by atoms with van der Waals surface area (Å²) in [6, 6.07) is 2.21. The first-order valence-electron chi connectivity index (χ1n) is 5.15. The van der Waals surface area contributed by atoms with Crippen LogP contribution in [0.1, 0.15) is 31.2 Å². The zero-order valence-corrected chi connectivity index (χ0v) is 8.52. The summed E-state index contributed by atoms with van der Waals surface area (Å²) in [5, 5.41) is 4.38. The van der Waals surface area contributed by atoms with Gasteiger partial charge in [-0.15, -0.1) is 0 Å². The molecule has 2 fully saturated rings. The molecule has 2 heteroatoms. The molecule has 0 spiro atoms. The van der Waals surface area contributed by atoms with Gasteiger partial charge in [0.25, 0.3) is 0 Å². The van der Waals surface area contributed by atoms with Crippen molar-refractivity contribution in [1.82, 2.24) is 0 Å². The average Bonchev–Trinajstić information content (AvgIpc) is 2.62. The van der Waals surface area contributed by atoms with Crippen LogP contribution in [0.4, 0.5) is 0 Å². The third kappa shape index (κ3) is 0.960. The standard InChI is InChI=1S/C11H15NS/c12-11(8-5-6-13-7-8)9-3-1-2-4-10(9)11/h5-7,9-10H,1-4,12H2. The van der Waals surface area contributed by atoms with Crippen LogP contribution in [0, 0.1) is 11.8 Å². The summed E-state index contributed by atoms with van der Waals surface area (Å²) in [4.78, 5) is 0. The summed E-state index contributed by atoms with van der Waals surface area (Å²) < 4.78 is 0. The molecule has 0 aromatic carbocycles. The monoisotopic (exact) mass is 193 g/mol. The molecule has 1 heterocycles. The van der Waals surface area contributed by atoms with E-state index in [9.17, 15) is 0 Å². The van der Waals surface area contributed by atoms with Gasteiger partial charge in [0.1, 0.15) is 0 Å². The maximum atomic E-state index is 6.47. The summed E-state index contributed by atoms with van der Waals surface area (Å²) in [7, 11) is 0. The van der Waals surface area contributed by atoms with Crippen LogP contribution in [0.5, 0.6) is 0 Å². The van der Waals surface area contributed by atoms with Crippen LogP contribution in [0.2, 0.25) is 0 Å². The lowest BCUT2D eigenvalue weighted by atomic mass is 10.0. The van der Waals surface area contributed by atoms with Gasteiger partial charge in [0.05, 0.1) is 0 Å². The average molecular weight is 193 g/mol. The first kappa shape index (κ1) is 8.01. The van der Waals surface area contributed by atoms with Crippen LogP contribution in [0.3, 0.4) is 0 Å². The topological polar surface area (TPSA) is 26.0 Å². The Hall–Kier alpha value is -0.340. The quantitative estimate of drug-likeness (QED) is 0.729. The molecule has 13 heavy (non-hydrogen) atoms. The molecule has 1 aromatic rings. The van der Waals surface area contributed by atoms with Gasteiger partial charge >= 0.3 is 0 Å². The second kappa shape index (κ2) is 2.58. The van der Waals surface area contributed by atoms with Gasteiger partial charge in [0.15, 0.2) is 0 Å². The van der Waals surface area contributed by atoms with E-state index >= 15 is 0 Å². The molecule has 1 nitrogen and oxygen atoms in total. The predicted octanol–water partition coefficient (Wildman–Crippen LogP) is 2.72. The number of rotatable bonds is 1. The van der Waals surface area contributed by atoms with E-state index in [1.54, 1.807) is 11.3 Å². The van der Waals surface area contributed by atoms with Gasteiger partial charge in [0.2, 0.25) is 0 Å².